The first-order valence-corrected chi connectivity index (χ1v) is 8.02. The van der Waals surface area contributed by atoms with Crippen LogP contribution in [0.1, 0.15) is 30.9 Å². The van der Waals surface area contributed by atoms with Gasteiger partial charge in [-0.25, -0.2) is 0 Å². The zero-order chi connectivity index (χ0) is 16.1. The number of hydrogen-bond acceptors (Lipinski definition) is 1. The molecule has 3 rings (SSSR count). The van der Waals surface area contributed by atoms with E-state index in [0.717, 1.165) is 11.3 Å². The molecule has 0 aliphatic rings. The Kier molecular flexibility index (Phi) is 4.68. The van der Waals surface area contributed by atoms with Gasteiger partial charge in [0.25, 0.3) is 0 Å². The van der Waals surface area contributed by atoms with Crippen molar-refractivity contribution in [2.75, 3.05) is 0 Å². The molecule has 0 aliphatic heterocycles. The highest BCUT2D eigenvalue weighted by molar-refractivity contribution is 5.83. The molecule has 0 radical (unpaired) electrons. The van der Waals surface area contributed by atoms with Crippen molar-refractivity contribution >= 4 is 11.9 Å². The summed E-state index contributed by atoms with van der Waals surface area (Å²) >= 11 is 0. The molecule has 23 heavy (non-hydrogen) atoms. The van der Waals surface area contributed by atoms with Crippen LogP contribution in [0.4, 0.5) is 5.69 Å². The number of para-hydroxylation sites is 1. The van der Waals surface area contributed by atoms with Crippen molar-refractivity contribution in [2.45, 2.75) is 19.8 Å². The van der Waals surface area contributed by atoms with Crippen LogP contribution in [0.15, 0.2) is 83.9 Å². The van der Waals surface area contributed by atoms with Crippen LogP contribution in [0.3, 0.4) is 0 Å². The van der Waals surface area contributed by atoms with Crippen molar-refractivity contribution in [3.63, 3.8) is 0 Å². The lowest BCUT2D eigenvalue weighted by molar-refractivity contribution is 0.867. The van der Waals surface area contributed by atoms with Gasteiger partial charge in [0.1, 0.15) is 0 Å². The van der Waals surface area contributed by atoms with E-state index >= 15 is 0 Å². The van der Waals surface area contributed by atoms with Crippen molar-refractivity contribution in [3.05, 3.63) is 90.0 Å². The monoisotopic (exact) mass is 299 g/mol. The topological polar surface area (TPSA) is 12.4 Å². The van der Waals surface area contributed by atoms with Crippen molar-refractivity contribution < 1.29 is 0 Å². The Hall–Kier alpha value is -2.67. The lowest BCUT2D eigenvalue weighted by atomic mass is 10.0. The zero-order valence-corrected chi connectivity index (χ0v) is 13.6. The van der Waals surface area contributed by atoms with Crippen LogP contribution in [0.25, 0.3) is 11.1 Å². The summed E-state index contributed by atoms with van der Waals surface area (Å²) in [5.41, 5.74) is 5.91. The van der Waals surface area contributed by atoms with Gasteiger partial charge in [-0.2, -0.15) is 0 Å². The maximum Gasteiger partial charge on any atom is 0.0664 e. The standard InChI is InChI=1S/C22H21N/c1-17(2)21-10-6-7-11-22(21)23-16-18-12-14-20(15-13-18)19-8-4-3-5-9-19/h3-17H,1-2H3. The molecule has 0 heterocycles. The first-order valence-electron chi connectivity index (χ1n) is 8.02. The summed E-state index contributed by atoms with van der Waals surface area (Å²) in [5.74, 6) is 0.476. The number of aliphatic imine (C=N–C) groups is 1. The Bertz CT molecular complexity index is 784. The Morgan fingerprint density at radius 1 is 0.696 bits per heavy atom. The van der Waals surface area contributed by atoms with Gasteiger partial charge in [-0.05, 0) is 34.2 Å². The lowest BCUT2D eigenvalue weighted by Gasteiger charge is -2.08. The Morgan fingerprint density at radius 3 is 2.00 bits per heavy atom. The molecule has 0 saturated carbocycles. The molecule has 3 aromatic rings. The number of nitrogens with zero attached hydrogens (tertiary/aromatic N) is 1. The largest absolute Gasteiger partial charge is 0.256 e. The molecular formula is C22H21N. The normalized spacial score (nSPS) is 11.3. The minimum absolute atomic E-state index is 0.476. The molecule has 0 aromatic heterocycles. The fraction of sp³-hybridized carbons (Fsp3) is 0.136. The van der Waals surface area contributed by atoms with Crippen LogP contribution >= 0.6 is 0 Å². The fourth-order valence-corrected chi connectivity index (χ4v) is 2.63. The minimum atomic E-state index is 0.476. The highest BCUT2D eigenvalue weighted by Gasteiger charge is 2.03. The third kappa shape index (κ3) is 3.75. The van der Waals surface area contributed by atoms with Gasteiger partial charge in [-0.15, -0.1) is 0 Å². The number of rotatable bonds is 4. The van der Waals surface area contributed by atoms with E-state index in [1.165, 1.54) is 16.7 Å². The van der Waals surface area contributed by atoms with Crippen molar-refractivity contribution in [3.8, 4) is 11.1 Å². The average molecular weight is 299 g/mol. The second-order valence-corrected chi connectivity index (χ2v) is 5.96. The van der Waals surface area contributed by atoms with Crippen molar-refractivity contribution in [1.82, 2.24) is 0 Å². The Balaban J connectivity index is 1.81. The van der Waals surface area contributed by atoms with E-state index < -0.39 is 0 Å². The van der Waals surface area contributed by atoms with Gasteiger partial charge in [0, 0.05) is 6.21 Å². The third-order valence-corrected chi connectivity index (χ3v) is 3.93. The second-order valence-electron chi connectivity index (χ2n) is 5.96. The number of hydrogen-bond donors (Lipinski definition) is 0. The molecule has 0 aliphatic carbocycles. The van der Waals surface area contributed by atoms with Gasteiger partial charge in [0.2, 0.25) is 0 Å². The van der Waals surface area contributed by atoms with E-state index in [9.17, 15) is 0 Å². The molecule has 0 amide bonds. The molecule has 1 heteroatoms. The molecule has 0 spiro atoms. The highest BCUT2D eigenvalue weighted by Crippen LogP contribution is 2.26. The maximum absolute atomic E-state index is 4.68. The van der Waals surface area contributed by atoms with Crippen LogP contribution in [-0.2, 0) is 0 Å². The molecule has 0 bridgehead atoms. The molecule has 0 saturated heterocycles. The third-order valence-electron chi connectivity index (χ3n) is 3.93. The van der Waals surface area contributed by atoms with E-state index in [-0.39, 0.29) is 0 Å². The van der Waals surface area contributed by atoms with Gasteiger partial charge in [-0.1, -0.05) is 86.6 Å². The summed E-state index contributed by atoms with van der Waals surface area (Å²) in [5, 5.41) is 0. The lowest BCUT2D eigenvalue weighted by Crippen LogP contribution is -1.88. The zero-order valence-electron chi connectivity index (χ0n) is 13.6. The average Bonchev–Trinajstić information content (AvgIpc) is 2.61. The van der Waals surface area contributed by atoms with Crippen LogP contribution in [0.5, 0.6) is 0 Å². The van der Waals surface area contributed by atoms with E-state index in [2.05, 4.69) is 85.6 Å². The molecule has 114 valence electrons. The van der Waals surface area contributed by atoms with E-state index in [1.807, 2.05) is 18.3 Å². The highest BCUT2D eigenvalue weighted by atomic mass is 14.7. The van der Waals surface area contributed by atoms with Crippen molar-refractivity contribution in [2.24, 2.45) is 4.99 Å². The SMILES string of the molecule is CC(C)c1ccccc1N=Cc1ccc(-c2ccccc2)cc1. The first-order chi connectivity index (χ1) is 11.2. The summed E-state index contributed by atoms with van der Waals surface area (Å²) in [4.78, 5) is 4.68. The van der Waals surface area contributed by atoms with Crippen molar-refractivity contribution in [1.29, 1.82) is 0 Å². The maximum atomic E-state index is 4.68. The van der Waals surface area contributed by atoms with Gasteiger partial charge in [-0.3, -0.25) is 4.99 Å². The summed E-state index contributed by atoms with van der Waals surface area (Å²) in [6.45, 7) is 4.39. The number of benzene rings is 3. The second kappa shape index (κ2) is 7.06. The molecule has 3 aromatic carbocycles. The quantitative estimate of drug-likeness (QED) is 0.506. The Morgan fingerprint density at radius 2 is 1.30 bits per heavy atom. The smallest absolute Gasteiger partial charge is 0.0664 e. The Labute approximate surface area is 138 Å². The first kappa shape index (κ1) is 15.2. The van der Waals surface area contributed by atoms with Gasteiger partial charge < -0.3 is 0 Å². The van der Waals surface area contributed by atoms with Gasteiger partial charge in [0.15, 0.2) is 0 Å². The summed E-state index contributed by atoms with van der Waals surface area (Å²) < 4.78 is 0. The van der Waals surface area contributed by atoms with Gasteiger partial charge >= 0.3 is 0 Å². The fourth-order valence-electron chi connectivity index (χ4n) is 2.63. The molecule has 0 fully saturated rings. The summed E-state index contributed by atoms with van der Waals surface area (Å²) in [6.07, 6.45) is 1.94. The molecular weight excluding hydrogens is 278 g/mol. The van der Waals surface area contributed by atoms with Crippen LogP contribution in [0, 0.1) is 0 Å². The van der Waals surface area contributed by atoms with E-state index in [1.54, 1.807) is 0 Å². The predicted molar refractivity (Wildman–Crippen MR) is 99.7 cm³/mol. The molecule has 0 N–H and O–H groups in total. The molecule has 0 unspecified atom stereocenters. The van der Waals surface area contributed by atoms with E-state index in [4.69, 9.17) is 0 Å². The molecule has 1 nitrogen and oxygen atoms in total. The molecule has 0 atom stereocenters. The van der Waals surface area contributed by atoms with Crippen LogP contribution in [0.2, 0.25) is 0 Å². The minimum Gasteiger partial charge on any atom is -0.256 e. The van der Waals surface area contributed by atoms with Crippen LogP contribution < -0.4 is 0 Å². The summed E-state index contributed by atoms with van der Waals surface area (Å²) in [7, 11) is 0. The van der Waals surface area contributed by atoms with Crippen LogP contribution in [-0.4, -0.2) is 6.21 Å². The van der Waals surface area contributed by atoms with Gasteiger partial charge in [0.05, 0.1) is 5.69 Å². The predicted octanol–water partition coefficient (Wildman–Crippen LogP) is 6.23. The van der Waals surface area contributed by atoms with E-state index in [0.29, 0.717) is 5.92 Å². The summed E-state index contributed by atoms with van der Waals surface area (Å²) in [6, 6.07) is 27.3.